The molecule has 1 saturated heterocycles. The molecule has 25 heavy (non-hydrogen) atoms. The minimum atomic E-state index is -0.272. The number of nitrogens with zero attached hydrogens (tertiary/aromatic N) is 3. The van der Waals surface area contributed by atoms with E-state index in [1.54, 1.807) is 24.4 Å². The van der Waals surface area contributed by atoms with Gasteiger partial charge in [-0.3, -0.25) is 14.4 Å². The molecule has 1 amide bonds. The number of amides is 1. The van der Waals surface area contributed by atoms with Crippen molar-refractivity contribution < 1.29 is 13.9 Å². The number of anilines is 1. The van der Waals surface area contributed by atoms with E-state index in [2.05, 4.69) is 15.3 Å². The molecule has 0 atom stereocenters. The summed E-state index contributed by atoms with van der Waals surface area (Å²) >= 11 is 0. The van der Waals surface area contributed by atoms with Crippen LogP contribution in [-0.2, 0) is 22.5 Å². The van der Waals surface area contributed by atoms with Crippen LogP contribution >= 0.6 is 0 Å². The van der Waals surface area contributed by atoms with E-state index >= 15 is 0 Å². The van der Waals surface area contributed by atoms with Gasteiger partial charge in [0, 0.05) is 32.3 Å². The molecule has 3 rings (SSSR count). The van der Waals surface area contributed by atoms with Gasteiger partial charge in [-0.15, -0.1) is 0 Å². The Balaban J connectivity index is 1.42. The van der Waals surface area contributed by atoms with Crippen LogP contribution in [0.3, 0.4) is 0 Å². The highest BCUT2D eigenvalue weighted by Gasteiger charge is 2.11. The van der Waals surface area contributed by atoms with E-state index in [1.165, 1.54) is 6.07 Å². The molecular weight excluding hydrogens is 323 g/mol. The monoisotopic (exact) mass is 346 g/mol. The van der Waals surface area contributed by atoms with Crippen LogP contribution in [0.1, 0.15) is 12.0 Å². The van der Waals surface area contributed by atoms with Crippen LogP contribution in [0.4, 0.5) is 10.1 Å². The first-order valence-electron chi connectivity index (χ1n) is 8.56. The topological polar surface area (TPSA) is 59.4 Å². The predicted molar refractivity (Wildman–Crippen MR) is 92.8 cm³/mol. The summed E-state index contributed by atoms with van der Waals surface area (Å²) in [5.74, 6) is -0.415. The zero-order valence-corrected chi connectivity index (χ0v) is 14.2. The molecule has 0 aliphatic carbocycles. The highest BCUT2D eigenvalue weighted by molar-refractivity contribution is 5.90. The molecule has 1 fully saturated rings. The average Bonchev–Trinajstić information content (AvgIpc) is 3.07. The van der Waals surface area contributed by atoms with Crippen molar-refractivity contribution in [3.63, 3.8) is 0 Å². The second kappa shape index (κ2) is 8.73. The molecule has 0 unspecified atom stereocenters. The van der Waals surface area contributed by atoms with Gasteiger partial charge >= 0.3 is 0 Å². The summed E-state index contributed by atoms with van der Waals surface area (Å²) in [6.07, 6.45) is 4.07. The Morgan fingerprint density at radius 2 is 2.04 bits per heavy atom. The van der Waals surface area contributed by atoms with Crippen LogP contribution in [0.2, 0.25) is 0 Å². The Morgan fingerprint density at radius 3 is 2.84 bits per heavy atom. The number of hydrogen-bond donors (Lipinski definition) is 1. The third kappa shape index (κ3) is 5.37. The smallest absolute Gasteiger partial charge is 0.224 e. The molecule has 1 N–H and O–H groups in total. The van der Waals surface area contributed by atoms with Gasteiger partial charge in [-0.1, -0.05) is 18.2 Å². The van der Waals surface area contributed by atoms with Gasteiger partial charge in [-0.2, -0.15) is 5.10 Å². The van der Waals surface area contributed by atoms with Crippen LogP contribution in [0.25, 0.3) is 0 Å². The first-order chi connectivity index (χ1) is 12.2. The van der Waals surface area contributed by atoms with E-state index in [0.29, 0.717) is 17.7 Å². The predicted octanol–water partition coefficient (Wildman–Crippen LogP) is 1.93. The van der Waals surface area contributed by atoms with Gasteiger partial charge in [0.05, 0.1) is 31.6 Å². The van der Waals surface area contributed by atoms with Crippen LogP contribution in [0, 0.1) is 5.82 Å². The molecule has 1 aliphatic rings. The summed E-state index contributed by atoms with van der Waals surface area (Å²) < 4.78 is 20.7. The summed E-state index contributed by atoms with van der Waals surface area (Å²) in [6, 6.07) is 6.52. The van der Waals surface area contributed by atoms with Crippen molar-refractivity contribution in [3.05, 3.63) is 48.0 Å². The molecule has 0 bridgehead atoms. The number of rotatable bonds is 7. The molecule has 7 heteroatoms. The van der Waals surface area contributed by atoms with E-state index < -0.39 is 0 Å². The minimum absolute atomic E-state index is 0.143. The van der Waals surface area contributed by atoms with Crippen molar-refractivity contribution >= 4 is 11.6 Å². The molecule has 2 aromatic rings. The summed E-state index contributed by atoms with van der Waals surface area (Å²) in [5, 5.41) is 7.08. The van der Waals surface area contributed by atoms with Crippen molar-refractivity contribution in [3.8, 4) is 0 Å². The molecule has 1 aromatic carbocycles. The molecule has 2 heterocycles. The second-order valence-electron chi connectivity index (χ2n) is 6.09. The van der Waals surface area contributed by atoms with Gasteiger partial charge in [0.2, 0.25) is 5.91 Å². The summed E-state index contributed by atoms with van der Waals surface area (Å²) in [5.41, 5.74) is 1.22. The second-order valence-corrected chi connectivity index (χ2v) is 6.09. The van der Waals surface area contributed by atoms with Crippen LogP contribution < -0.4 is 5.32 Å². The maximum Gasteiger partial charge on any atom is 0.224 e. The lowest BCUT2D eigenvalue weighted by Gasteiger charge is -2.26. The fourth-order valence-electron chi connectivity index (χ4n) is 2.79. The highest BCUT2D eigenvalue weighted by Crippen LogP contribution is 2.11. The largest absolute Gasteiger partial charge is 0.379 e. The lowest BCUT2D eigenvalue weighted by molar-refractivity contribution is -0.116. The summed E-state index contributed by atoms with van der Waals surface area (Å²) in [6.45, 7) is 5.13. The van der Waals surface area contributed by atoms with Gasteiger partial charge < -0.3 is 10.1 Å². The van der Waals surface area contributed by atoms with Gasteiger partial charge in [0.25, 0.3) is 0 Å². The van der Waals surface area contributed by atoms with Gasteiger partial charge in [0.15, 0.2) is 0 Å². The van der Waals surface area contributed by atoms with Crippen molar-refractivity contribution in [2.24, 2.45) is 0 Å². The molecule has 1 aliphatic heterocycles. The van der Waals surface area contributed by atoms with Crippen LogP contribution in [0.15, 0.2) is 36.7 Å². The van der Waals surface area contributed by atoms with E-state index in [0.717, 1.165) is 39.4 Å². The number of nitrogens with one attached hydrogen (secondary N) is 1. The Morgan fingerprint density at radius 1 is 1.24 bits per heavy atom. The third-order valence-electron chi connectivity index (χ3n) is 4.25. The van der Waals surface area contributed by atoms with Crippen molar-refractivity contribution in [2.45, 2.75) is 19.4 Å². The van der Waals surface area contributed by atoms with Crippen molar-refractivity contribution in [1.29, 1.82) is 0 Å². The van der Waals surface area contributed by atoms with Crippen molar-refractivity contribution in [2.75, 3.05) is 38.2 Å². The Hall–Kier alpha value is -2.25. The standard InChI is InChI=1S/C18H23FN4O2/c19-17-4-2-1-3-15(17)5-6-18(24)21-16-13-20-23(14-16)8-7-22-9-11-25-12-10-22/h1-4,13-14H,5-12H2,(H,21,24). The van der Waals surface area contributed by atoms with Crippen LogP contribution in [0.5, 0.6) is 0 Å². The Labute approximate surface area is 146 Å². The van der Waals surface area contributed by atoms with Gasteiger partial charge in [0.1, 0.15) is 5.82 Å². The van der Waals surface area contributed by atoms with Crippen LogP contribution in [-0.4, -0.2) is 53.4 Å². The molecule has 0 spiro atoms. The number of halogens is 1. The number of ether oxygens (including phenoxy) is 1. The zero-order chi connectivity index (χ0) is 17.5. The summed E-state index contributed by atoms with van der Waals surface area (Å²) in [4.78, 5) is 14.4. The number of aromatic nitrogens is 2. The molecule has 134 valence electrons. The SMILES string of the molecule is O=C(CCc1ccccc1F)Nc1cnn(CCN2CCOCC2)c1. The maximum atomic E-state index is 13.6. The first kappa shape index (κ1) is 17.6. The molecule has 6 nitrogen and oxygen atoms in total. The van der Waals surface area contributed by atoms with Gasteiger partial charge in [-0.25, -0.2) is 4.39 Å². The fraction of sp³-hybridized carbons (Fsp3) is 0.444. The normalized spacial score (nSPS) is 15.2. The minimum Gasteiger partial charge on any atom is -0.379 e. The Kier molecular flexibility index (Phi) is 6.14. The fourth-order valence-corrected chi connectivity index (χ4v) is 2.79. The third-order valence-corrected chi connectivity index (χ3v) is 4.25. The number of benzene rings is 1. The van der Waals surface area contributed by atoms with Gasteiger partial charge in [-0.05, 0) is 18.1 Å². The van der Waals surface area contributed by atoms with E-state index in [1.807, 2.05) is 10.9 Å². The lowest BCUT2D eigenvalue weighted by Crippen LogP contribution is -2.38. The number of morpholine rings is 1. The first-order valence-corrected chi connectivity index (χ1v) is 8.56. The molecule has 0 saturated carbocycles. The zero-order valence-electron chi connectivity index (χ0n) is 14.2. The quantitative estimate of drug-likeness (QED) is 0.832. The summed E-state index contributed by atoms with van der Waals surface area (Å²) in [7, 11) is 0. The van der Waals surface area contributed by atoms with Crippen molar-refractivity contribution in [1.82, 2.24) is 14.7 Å². The maximum absolute atomic E-state index is 13.6. The van der Waals surface area contributed by atoms with E-state index in [4.69, 9.17) is 4.74 Å². The highest BCUT2D eigenvalue weighted by atomic mass is 19.1. The van der Waals surface area contributed by atoms with E-state index in [-0.39, 0.29) is 18.1 Å². The lowest BCUT2D eigenvalue weighted by atomic mass is 10.1. The molecular formula is C18H23FN4O2. The number of carbonyl (C=O) groups is 1. The molecule has 0 radical (unpaired) electrons. The number of hydrogen-bond acceptors (Lipinski definition) is 4. The number of carbonyl (C=O) groups excluding carboxylic acids is 1. The van der Waals surface area contributed by atoms with E-state index in [9.17, 15) is 9.18 Å². The Bertz CT molecular complexity index is 698. The number of aryl methyl sites for hydroxylation is 1. The molecule has 1 aromatic heterocycles. The average molecular weight is 346 g/mol.